The fraction of sp³-hybridized carbons (Fsp3) is 0.375. The van der Waals surface area contributed by atoms with Crippen LogP contribution in [-0.2, 0) is 14.3 Å². The number of aromatic nitrogens is 2. The summed E-state index contributed by atoms with van der Waals surface area (Å²) in [6.07, 6.45) is 0.608. The van der Waals surface area contributed by atoms with Crippen LogP contribution in [0.25, 0.3) is 10.6 Å². The summed E-state index contributed by atoms with van der Waals surface area (Å²) in [5.41, 5.74) is 2.11. The molecule has 1 aromatic heterocycles. The van der Waals surface area contributed by atoms with Crippen molar-refractivity contribution in [1.29, 1.82) is 0 Å². The van der Waals surface area contributed by atoms with Crippen molar-refractivity contribution in [1.82, 2.24) is 10.2 Å². The lowest BCUT2D eigenvalue weighted by Crippen LogP contribution is -2.25. The van der Waals surface area contributed by atoms with Crippen molar-refractivity contribution < 1.29 is 14.3 Å². The van der Waals surface area contributed by atoms with Gasteiger partial charge in [0.25, 0.3) is 0 Å². The number of thioether (sulfide) groups is 1. The van der Waals surface area contributed by atoms with Crippen molar-refractivity contribution in [3.05, 3.63) is 29.8 Å². The molecule has 2 rings (SSSR count). The van der Waals surface area contributed by atoms with E-state index in [9.17, 15) is 9.59 Å². The standard InChI is InChI=1S/C16H19N3O3S2/c1-4-12(23-9-13(20)22-3)14(21)17-16-19-18-15(24-16)11-8-6-5-7-10(11)2/h5-8,12H,4,9H2,1-3H3,(H,17,19,21). The summed E-state index contributed by atoms with van der Waals surface area (Å²) >= 11 is 2.59. The van der Waals surface area contributed by atoms with Crippen LogP contribution in [0.5, 0.6) is 0 Å². The molecule has 2 aromatic rings. The van der Waals surface area contributed by atoms with Gasteiger partial charge in [-0.2, -0.15) is 0 Å². The smallest absolute Gasteiger partial charge is 0.315 e. The Kier molecular flexibility index (Phi) is 6.74. The zero-order valence-corrected chi connectivity index (χ0v) is 15.4. The maximum atomic E-state index is 12.3. The van der Waals surface area contributed by atoms with Gasteiger partial charge in [0.2, 0.25) is 11.0 Å². The maximum Gasteiger partial charge on any atom is 0.315 e. The van der Waals surface area contributed by atoms with Crippen molar-refractivity contribution in [2.45, 2.75) is 25.5 Å². The average Bonchev–Trinajstić information content (AvgIpc) is 3.03. The van der Waals surface area contributed by atoms with Crippen molar-refractivity contribution >= 4 is 40.1 Å². The van der Waals surface area contributed by atoms with E-state index in [2.05, 4.69) is 20.3 Å². The van der Waals surface area contributed by atoms with Crippen LogP contribution in [-0.4, -0.2) is 40.2 Å². The highest BCUT2D eigenvalue weighted by Gasteiger charge is 2.20. The van der Waals surface area contributed by atoms with Crippen molar-refractivity contribution in [2.75, 3.05) is 18.2 Å². The first-order valence-electron chi connectivity index (χ1n) is 7.44. The first kappa shape index (κ1) is 18.4. The average molecular weight is 365 g/mol. The molecule has 0 spiro atoms. The summed E-state index contributed by atoms with van der Waals surface area (Å²) in [4.78, 5) is 23.5. The minimum Gasteiger partial charge on any atom is -0.468 e. The predicted octanol–water partition coefficient (Wildman–Crippen LogP) is 3.14. The van der Waals surface area contributed by atoms with E-state index >= 15 is 0 Å². The Bertz CT molecular complexity index is 718. The highest BCUT2D eigenvalue weighted by molar-refractivity contribution is 8.01. The van der Waals surface area contributed by atoms with Crippen LogP contribution < -0.4 is 5.32 Å². The Balaban J connectivity index is 2.01. The SMILES string of the molecule is CCC(SCC(=O)OC)C(=O)Nc1nnc(-c2ccccc2C)s1. The third kappa shape index (κ3) is 4.78. The van der Waals surface area contributed by atoms with E-state index in [4.69, 9.17) is 0 Å². The van der Waals surface area contributed by atoms with Gasteiger partial charge in [-0.1, -0.05) is 42.5 Å². The molecule has 0 fully saturated rings. The highest BCUT2D eigenvalue weighted by atomic mass is 32.2. The molecular weight excluding hydrogens is 346 g/mol. The molecule has 6 nitrogen and oxygen atoms in total. The summed E-state index contributed by atoms with van der Waals surface area (Å²) in [6, 6.07) is 7.89. The molecule has 0 saturated carbocycles. The summed E-state index contributed by atoms with van der Waals surface area (Å²) in [5.74, 6) is -0.379. The van der Waals surface area contributed by atoms with Gasteiger partial charge in [-0.05, 0) is 18.9 Å². The monoisotopic (exact) mass is 365 g/mol. The van der Waals surface area contributed by atoms with Crippen LogP contribution >= 0.6 is 23.1 Å². The molecular formula is C16H19N3O3S2. The lowest BCUT2D eigenvalue weighted by atomic mass is 10.1. The fourth-order valence-electron chi connectivity index (χ4n) is 1.99. The molecule has 1 heterocycles. The van der Waals surface area contributed by atoms with Gasteiger partial charge in [0, 0.05) is 5.56 Å². The Labute approximate surface area is 149 Å². The lowest BCUT2D eigenvalue weighted by molar-refractivity contribution is -0.137. The van der Waals surface area contributed by atoms with Crippen LogP contribution in [0.3, 0.4) is 0 Å². The van der Waals surface area contributed by atoms with Crippen LogP contribution in [0.1, 0.15) is 18.9 Å². The topological polar surface area (TPSA) is 81.2 Å². The summed E-state index contributed by atoms with van der Waals surface area (Å²) < 4.78 is 4.59. The second kappa shape index (κ2) is 8.79. The number of nitrogens with zero attached hydrogens (tertiary/aromatic N) is 2. The van der Waals surface area contributed by atoms with Gasteiger partial charge in [-0.15, -0.1) is 22.0 Å². The molecule has 0 aliphatic rings. The van der Waals surface area contributed by atoms with Gasteiger partial charge >= 0.3 is 5.97 Å². The van der Waals surface area contributed by atoms with Crippen molar-refractivity contribution in [3.63, 3.8) is 0 Å². The zero-order chi connectivity index (χ0) is 17.5. The van der Waals surface area contributed by atoms with Crippen LogP contribution in [0.2, 0.25) is 0 Å². The number of hydrogen-bond donors (Lipinski definition) is 1. The third-order valence-corrected chi connectivity index (χ3v) is 5.55. The number of carbonyl (C=O) groups excluding carboxylic acids is 2. The minimum atomic E-state index is -0.344. The highest BCUT2D eigenvalue weighted by Crippen LogP contribution is 2.29. The van der Waals surface area contributed by atoms with Crippen LogP contribution in [0.15, 0.2) is 24.3 Å². The largest absolute Gasteiger partial charge is 0.468 e. The Hall–Kier alpha value is -1.93. The normalized spacial score (nSPS) is 11.8. The Morgan fingerprint density at radius 1 is 1.33 bits per heavy atom. The number of amides is 1. The third-order valence-electron chi connectivity index (χ3n) is 3.32. The second-order valence-electron chi connectivity index (χ2n) is 5.00. The van der Waals surface area contributed by atoms with Crippen molar-refractivity contribution in [2.24, 2.45) is 0 Å². The van der Waals surface area contributed by atoms with E-state index in [0.717, 1.165) is 16.1 Å². The van der Waals surface area contributed by atoms with Gasteiger partial charge in [-0.25, -0.2) is 0 Å². The number of anilines is 1. The number of methoxy groups -OCH3 is 1. The van der Waals surface area contributed by atoms with E-state index in [1.54, 1.807) is 0 Å². The number of nitrogens with one attached hydrogen (secondary N) is 1. The lowest BCUT2D eigenvalue weighted by Gasteiger charge is -2.12. The van der Waals surface area contributed by atoms with E-state index < -0.39 is 0 Å². The molecule has 1 amide bonds. The number of aryl methyl sites for hydroxylation is 1. The Morgan fingerprint density at radius 2 is 2.08 bits per heavy atom. The van der Waals surface area contributed by atoms with E-state index in [1.165, 1.54) is 30.2 Å². The van der Waals surface area contributed by atoms with E-state index in [0.29, 0.717) is 11.6 Å². The van der Waals surface area contributed by atoms with Gasteiger partial charge in [0.05, 0.1) is 18.1 Å². The molecule has 1 atom stereocenters. The molecule has 24 heavy (non-hydrogen) atoms. The number of ether oxygens (including phenoxy) is 1. The first-order valence-corrected chi connectivity index (χ1v) is 9.30. The van der Waals surface area contributed by atoms with Crippen LogP contribution in [0, 0.1) is 6.92 Å². The molecule has 1 unspecified atom stereocenters. The van der Waals surface area contributed by atoms with Gasteiger partial charge in [0.15, 0.2) is 0 Å². The molecule has 0 bridgehead atoms. The molecule has 128 valence electrons. The predicted molar refractivity (Wildman–Crippen MR) is 97.3 cm³/mol. The second-order valence-corrected chi connectivity index (χ2v) is 7.17. The fourth-order valence-corrected chi connectivity index (χ4v) is 3.73. The number of rotatable bonds is 7. The molecule has 1 N–H and O–H groups in total. The number of hydrogen-bond acceptors (Lipinski definition) is 7. The minimum absolute atomic E-state index is 0.146. The summed E-state index contributed by atoms with van der Waals surface area (Å²) in [7, 11) is 1.33. The number of carbonyl (C=O) groups is 2. The molecule has 0 aliphatic carbocycles. The summed E-state index contributed by atoms with van der Waals surface area (Å²) in [5, 5.41) is 11.8. The van der Waals surface area contributed by atoms with E-state index in [-0.39, 0.29) is 22.9 Å². The molecule has 0 aliphatic heterocycles. The molecule has 0 radical (unpaired) electrons. The summed E-state index contributed by atoms with van der Waals surface area (Å²) in [6.45, 7) is 3.90. The van der Waals surface area contributed by atoms with Crippen LogP contribution in [0.4, 0.5) is 5.13 Å². The Morgan fingerprint density at radius 3 is 2.75 bits per heavy atom. The van der Waals surface area contributed by atoms with Gasteiger partial charge in [0.1, 0.15) is 5.01 Å². The molecule has 0 saturated heterocycles. The zero-order valence-electron chi connectivity index (χ0n) is 13.7. The molecule has 8 heteroatoms. The van der Waals surface area contributed by atoms with Gasteiger partial charge in [-0.3, -0.25) is 14.9 Å². The first-order chi connectivity index (χ1) is 11.5. The van der Waals surface area contributed by atoms with Crippen molar-refractivity contribution in [3.8, 4) is 10.6 Å². The van der Waals surface area contributed by atoms with E-state index in [1.807, 2.05) is 38.1 Å². The number of esters is 1. The maximum absolute atomic E-state index is 12.3. The van der Waals surface area contributed by atoms with Gasteiger partial charge < -0.3 is 4.74 Å². The quantitative estimate of drug-likeness (QED) is 0.759. The molecule has 1 aromatic carbocycles. The number of benzene rings is 1.